The topological polar surface area (TPSA) is 93.5 Å². The van der Waals surface area contributed by atoms with E-state index in [-0.39, 0.29) is 18.9 Å². The van der Waals surface area contributed by atoms with E-state index in [0.717, 1.165) is 33.5 Å². The number of nitrogens with zero attached hydrogens (tertiary/aromatic N) is 2. The summed E-state index contributed by atoms with van der Waals surface area (Å²) in [6.45, 7) is 1.94. The molecular weight excluding hydrogens is 442 g/mol. The fourth-order valence-corrected chi connectivity index (χ4v) is 4.61. The first kappa shape index (κ1) is 22.4. The highest BCUT2D eigenvalue weighted by atomic mass is 16.5. The molecule has 0 bridgehead atoms. The van der Waals surface area contributed by atoms with Crippen molar-refractivity contribution in [1.82, 2.24) is 15.1 Å². The molecule has 7 heteroatoms. The fraction of sp³-hybridized carbons (Fsp3) is 0.179. The first-order valence-electron chi connectivity index (χ1n) is 11.5. The van der Waals surface area contributed by atoms with E-state index in [2.05, 4.69) is 22.5 Å². The van der Waals surface area contributed by atoms with Crippen LogP contribution in [0.25, 0.3) is 16.8 Å². The Bertz CT molecular complexity index is 1330. The number of ether oxygens (including phenoxy) is 1. The molecule has 176 valence electrons. The van der Waals surface area contributed by atoms with Crippen LogP contribution in [0.3, 0.4) is 0 Å². The van der Waals surface area contributed by atoms with Gasteiger partial charge in [0.1, 0.15) is 12.6 Å². The summed E-state index contributed by atoms with van der Waals surface area (Å²) in [6.07, 6.45) is 1.13. The van der Waals surface area contributed by atoms with E-state index < -0.39 is 18.1 Å². The van der Waals surface area contributed by atoms with Crippen molar-refractivity contribution in [3.05, 3.63) is 107 Å². The van der Waals surface area contributed by atoms with Crippen LogP contribution in [0.2, 0.25) is 0 Å². The molecule has 1 amide bonds. The number of fused-ring (bicyclic) bond motifs is 3. The number of para-hydroxylation sites is 1. The van der Waals surface area contributed by atoms with E-state index >= 15 is 0 Å². The Labute approximate surface area is 203 Å². The molecule has 1 aliphatic rings. The highest BCUT2D eigenvalue weighted by molar-refractivity contribution is 5.81. The van der Waals surface area contributed by atoms with E-state index in [4.69, 9.17) is 4.74 Å². The Kier molecular flexibility index (Phi) is 6.06. The van der Waals surface area contributed by atoms with Gasteiger partial charge in [-0.3, -0.25) is 0 Å². The summed E-state index contributed by atoms with van der Waals surface area (Å²) in [4.78, 5) is 24.5. The van der Waals surface area contributed by atoms with Gasteiger partial charge in [0.25, 0.3) is 0 Å². The summed E-state index contributed by atoms with van der Waals surface area (Å²) in [5.41, 5.74) is 6.77. The van der Waals surface area contributed by atoms with E-state index in [1.807, 2.05) is 73.7 Å². The third kappa shape index (κ3) is 4.53. The number of alkyl carbamates (subject to hydrolysis) is 1. The number of carboxylic acids is 1. The van der Waals surface area contributed by atoms with Crippen LogP contribution in [-0.4, -0.2) is 39.6 Å². The quantitative estimate of drug-likeness (QED) is 0.410. The number of benzene rings is 3. The fourth-order valence-electron chi connectivity index (χ4n) is 4.61. The smallest absolute Gasteiger partial charge is 0.407 e. The first-order valence-corrected chi connectivity index (χ1v) is 11.5. The normalized spacial score (nSPS) is 13.1. The van der Waals surface area contributed by atoms with Crippen molar-refractivity contribution in [3.8, 4) is 16.8 Å². The zero-order valence-corrected chi connectivity index (χ0v) is 19.2. The molecule has 1 unspecified atom stereocenters. The lowest BCUT2D eigenvalue weighted by Crippen LogP contribution is -2.43. The molecule has 0 fully saturated rings. The van der Waals surface area contributed by atoms with E-state index in [0.29, 0.717) is 5.69 Å². The van der Waals surface area contributed by atoms with Crippen molar-refractivity contribution in [2.75, 3.05) is 6.61 Å². The first-order chi connectivity index (χ1) is 17.0. The SMILES string of the molecule is Cc1nn(-c2ccccc2)cc1CC(NC(=O)OCC1c2ccccc2-c2ccccc21)C(=O)O. The number of nitrogens with one attached hydrogen (secondary N) is 1. The predicted octanol–water partition coefficient (Wildman–Crippen LogP) is 4.72. The molecule has 5 rings (SSSR count). The van der Waals surface area contributed by atoms with Crippen LogP contribution in [0.1, 0.15) is 28.3 Å². The molecule has 0 aliphatic heterocycles. The van der Waals surface area contributed by atoms with Gasteiger partial charge in [0, 0.05) is 18.5 Å². The second-order valence-corrected chi connectivity index (χ2v) is 8.58. The summed E-state index contributed by atoms with van der Waals surface area (Å²) < 4.78 is 7.23. The minimum atomic E-state index is -1.14. The molecule has 1 aliphatic carbocycles. The van der Waals surface area contributed by atoms with Crippen LogP contribution in [0.5, 0.6) is 0 Å². The molecule has 0 saturated heterocycles. The van der Waals surface area contributed by atoms with Crippen molar-refractivity contribution in [2.45, 2.75) is 25.3 Å². The average molecular weight is 468 g/mol. The van der Waals surface area contributed by atoms with Crippen molar-refractivity contribution >= 4 is 12.1 Å². The molecule has 0 saturated carbocycles. The van der Waals surface area contributed by atoms with Crippen LogP contribution in [-0.2, 0) is 16.0 Å². The maximum atomic E-state index is 12.6. The monoisotopic (exact) mass is 467 g/mol. The van der Waals surface area contributed by atoms with Gasteiger partial charge in [-0.05, 0) is 46.9 Å². The average Bonchev–Trinajstić information content (AvgIpc) is 3.40. The molecule has 3 aromatic carbocycles. The maximum absolute atomic E-state index is 12.6. The highest BCUT2D eigenvalue weighted by Gasteiger charge is 2.30. The standard InChI is InChI=1S/C28H25N3O4/c1-18-19(16-31(30-18)20-9-3-2-4-10-20)15-26(27(32)33)29-28(34)35-17-25-23-13-7-5-11-21(23)22-12-6-8-14-24(22)25/h2-14,16,25-26H,15,17H2,1H3,(H,29,34)(H,32,33). The molecule has 1 aromatic heterocycles. The van der Waals surface area contributed by atoms with Gasteiger partial charge in [-0.2, -0.15) is 5.10 Å². The second-order valence-electron chi connectivity index (χ2n) is 8.58. The Morgan fingerprint density at radius 1 is 0.971 bits per heavy atom. The summed E-state index contributed by atoms with van der Waals surface area (Å²) in [5, 5.41) is 16.7. The number of aryl methyl sites for hydroxylation is 1. The number of amides is 1. The van der Waals surface area contributed by atoms with Crippen molar-refractivity contribution < 1.29 is 19.4 Å². The predicted molar refractivity (Wildman–Crippen MR) is 132 cm³/mol. The van der Waals surface area contributed by atoms with Gasteiger partial charge in [0.15, 0.2) is 0 Å². The summed E-state index contributed by atoms with van der Waals surface area (Å²) >= 11 is 0. The third-order valence-corrected chi connectivity index (χ3v) is 6.38. The van der Waals surface area contributed by atoms with Gasteiger partial charge >= 0.3 is 12.1 Å². The molecule has 1 atom stereocenters. The van der Waals surface area contributed by atoms with Crippen molar-refractivity contribution in [1.29, 1.82) is 0 Å². The molecule has 2 N–H and O–H groups in total. The number of carbonyl (C=O) groups excluding carboxylic acids is 1. The molecule has 35 heavy (non-hydrogen) atoms. The second kappa shape index (κ2) is 9.46. The Balaban J connectivity index is 1.26. The van der Waals surface area contributed by atoms with Crippen LogP contribution < -0.4 is 5.32 Å². The minimum Gasteiger partial charge on any atom is -0.480 e. The number of hydrogen-bond acceptors (Lipinski definition) is 4. The van der Waals surface area contributed by atoms with Gasteiger partial charge in [0.05, 0.1) is 11.4 Å². The third-order valence-electron chi connectivity index (χ3n) is 6.38. The van der Waals surface area contributed by atoms with E-state index in [1.165, 1.54) is 0 Å². The van der Waals surface area contributed by atoms with E-state index in [1.54, 1.807) is 10.9 Å². The zero-order chi connectivity index (χ0) is 24.4. The van der Waals surface area contributed by atoms with E-state index in [9.17, 15) is 14.7 Å². The van der Waals surface area contributed by atoms with Gasteiger partial charge in [-0.25, -0.2) is 14.3 Å². The van der Waals surface area contributed by atoms with Crippen LogP contribution in [0, 0.1) is 6.92 Å². The lowest BCUT2D eigenvalue weighted by atomic mass is 9.98. The minimum absolute atomic E-state index is 0.0947. The summed E-state index contributed by atoms with van der Waals surface area (Å²) in [6, 6.07) is 24.5. The molecule has 1 heterocycles. The maximum Gasteiger partial charge on any atom is 0.407 e. The van der Waals surface area contributed by atoms with Gasteiger partial charge in [0.2, 0.25) is 0 Å². The van der Waals surface area contributed by atoms with Crippen LogP contribution >= 0.6 is 0 Å². The molecule has 7 nitrogen and oxygen atoms in total. The summed E-state index contributed by atoms with van der Waals surface area (Å²) in [5.74, 6) is -1.23. The molecule has 0 spiro atoms. The number of rotatable bonds is 7. The van der Waals surface area contributed by atoms with Crippen molar-refractivity contribution in [2.24, 2.45) is 0 Å². The molecular formula is C28H25N3O4. The van der Waals surface area contributed by atoms with Gasteiger partial charge < -0.3 is 15.2 Å². The molecule has 4 aromatic rings. The number of hydrogen-bond donors (Lipinski definition) is 2. The summed E-state index contributed by atoms with van der Waals surface area (Å²) in [7, 11) is 0. The highest BCUT2D eigenvalue weighted by Crippen LogP contribution is 2.44. The van der Waals surface area contributed by atoms with Crippen LogP contribution in [0.4, 0.5) is 4.79 Å². The lowest BCUT2D eigenvalue weighted by Gasteiger charge is -2.17. The number of aromatic nitrogens is 2. The van der Waals surface area contributed by atoms with Gasteiger partial charge in [-0.15, -0.1) is 0 Å². The van der Waals surface area contributed by atoms with Gasteiger partial charge in [-0.1, -0.05) is 66.7 Å². The Hall–Kier alpha value is -4.39. The molecule has 0 radical (unpaired) electrons. The Morgan fingerprint density at radius 3 is 2.20 bits per heavy atom. The lowest BCUT2D eigenvalue weighted by molar-refractivity contribution is -0.139. The van der Waals surface area contributed by atoms with Crippen molar-refractivity contribution in [3.63, 3.8) is 0 Å². The largest absolute Gasteiger partial charge is 0.480 e. The number of aliphatic carboxylic acids is 1. The number of carbonyl (C=O) groups is 2. The number of carboxylic acid groups (broad SMARTS) is 1. The Morgan fingerprint density at radius 2 is 1.57 bits per heavy atom. The zero-order valence-electron chi connectivity index (χ0n) is 19.2. The van der Waals surface area contributed by atoms with Crippen LogP contribution in [0.15, 0.2) is 85.1 Å².